The summed E-state index contributed by atoms with van der Waals surface area (Å²) in [5.41, 5.74) is 13.0. The van der Waals surface area contributed by atoms with Gasteiger partial charge in [0.1, 0.15) is 11.4 Å². The summed E-state index contributed by atoms with van der Waals surface area (Å²) in [6.07, 6.45) is 7.08. The summed E-state index contributed by atoms with van der Waals surface area (Å²) < 4.78 is 3.96. The van der Waals surface area contributed by atoms with Crippen molar-refractivity contribution in [3.8, 4) is 34.0 Å². The Morgan fingerprint density at radius 2 is 1.62 bits per heavy atom. The zero-order valence-electron chi connectivity index (χ0n) is 20.2. The molecule has 1 aliphatic carbocycles. The van der Waals surface area contributed by atoms with Crippen LogP contribution in [0.4, 0.5) is 0 Å². The van der Waals surface area contributed by atoms with Crippen LogP contribution in [-0.4, -0.2) is 19.9 Å². The number of aromatic nitrogens is 4. The number of hydrogen-bond acceptors (Lipinski definition) is 4. The maximum Gasteiger partial charge on any atom is 0.318 e. The molecular formula is C31H26N5O+. The van der Waals surface area contributed by atoms with Crippen molar-refractivity contribution >= 4 is 16.6 Å². The smallest absolute Gasteiger partial charge is 0.318 e. The van der Waals surface area contributed by atoms with Gasteiger partial charge >= 0.3 is 5.82 Å². The Labute approximate surface area is 214 Å². The predicted molar refractivity (Wildman–Crippen MR) is 144 cm³/mol. The summed E-state index contributed by atoms with van der Waals surface area (Å²) in [6, 6.07) is 30.1. The molecule has 1 fully saturated rings. The van der Waals surface area contributed by atoms with Crippen molar-refractivity contribution in [2.24, 2.45) is 5.73 Å². The van der Waals surface area contributed by atoms with Crippen molar-refractivity contribution in [1.82, 2.24) is 14.8 Å². The van der Waals surface area contributed by atoms with E-state index in [1.54, 1.807) is 6.07 Å². The van der Waals surface area contributed by atoms with Gasteiger partial charge in [-0.1, -0.05) is 59.3 Å². The van der Waals surface area contributed by atoms with E-state index in [1.165, 1.54) is 6.42 Å². The largest absolute Gasteiger partial charge is 0.507 e. The zero-order valence-corrected chi connectivity index (χ0v) is 20.2. The van der Waals surface area contributed by atoms with Crippen LogP contribution in [0.25, 0.3) is 44.8 Å². The molecule has 1 aliphatic rings. The molecule has 3 heterocycles. The fourth-order valence-electron chi connectivity index (χ4n) is 5.31. The van der Waals surface area contributed by atoms with Gasteiger partial charge in [0.05, 0.1) is 27.8 Å². The van der Waals surface area contributed by atoms with Crippen molar-refractivity contribution in [3.63, 3.8) is 0 Å². The molecule has 0 unspecified atom stereocenters. The second kappa shape index (κ2) is 8.25. The lowest BCUT2D eigenvalue weighted by Gasteiger charge is -2.38. The molecule has 6 aromatic rings. The fraction of sp³-hybridized carbons (Fsp3) is 0.129. The topological polar surface area (TPSA) is 81.1 Å². The Balaban J connectivity index is 1.50. The van der Waals surface area contributed by atoms with Gasteiger partial charge in [-0.3, -0.25) is 4.98 Å². The van der Waals surface area contributed by atoms with Crippen LogP contribution in [0.5, 0.6) is 5.75 Å². The quantitative estimate of drug-likeness (QED) is 0.322. The summed E-state index contributed by atoms with van der Waals surface area (Å²) in [5, 5.41) is 16.7. The number of phenols is 1. The third-order valence-electron chi connectivity index (χ3n) is 7.58. The molecule has 0 atom stereocenters. The van der Waals surface area contributed by atoms with E-state index in [2.05, 4.69) is 42.5 Å². The van der Waals surface area contributed by atoms with Crippen LogP contribution in [0.3, 0.4) is 0 Å². The molecule has 3 aromatic heterocycles. The molecule has 0 amide bonds. The van der Waals surface area contributed by atoms with Gasteiger partial charge in [0.25, 0.3) is 5.65 Å². The minimum absolute atomic E-state index is 0.184. The van der Waals surface area contributed by atoms with Crippen LogP contribution in [0.2, 0.25) is 0 Å². The highest BCUT2D eigenvalue weighted by Gasteiger charge is 2.34. The summed E-state index contributed by atoms with van der Waals surface area (Å²) >= 11 is 0. The molecular weight excluding hydrogens is 458 g/mol. The molecule has 0 radical (unpaired) electrons. The molecule has 0 bridgehead atoms. The summed E-state index contributed by atoms with van der Waals surface area (Å²) in [4.78, 5) is 4.79. The van der Waals surface area contributed by atoms with Crippen molar-refractivity contribution in [1.29, 1.82) is 0 Å². The Morgan fingerprint density at radius 1 is 0.865 bits per heavy atom. The Kier molecular flexibility index (Phi) is 4.84. The highest BCUT2D eigenvalue weighted by molar-refractivity contribution is 5.93. The highest BCUT2D eigenvalue weighted by atomic mass is 16.3. The van der Waals surface area contributed by atoms with Gasteiger partial charge in [0.2, 0.25) is 0 Å². The molecule has 0 aliphatic heterocycles. The number of phenolic OH excluding ortho intramolecular Hbond substituents is 1. The third-order valence-corrected chi connectivity index (χ3v) is 7.58. The van der Waals surface area contributed by atoms with Crippen molar-refractivity contribution in [2.45, 2.75) is 24.8 Å². The molecule has 0 spiro atoms. The first kappa shape index (κ1) is 21.7. The Morgan fingerprint density at radius 3 is 2.35 bits per heavy atom. The van der Waals surface area contributed by atoms with E-state index < -0.39 is 0 Å². The number of aromatic hydroxyl groups is 1. The minimum Gasteiger partial charge on any atom is -0.507 e. The van der Waals surface area contributed by atoms with Crippen LogP contribution < -0.4 is 10.1 Å². The Hall–Kier alpha value is -4.55. The number of nitrogens with zero attached hydrogens (tertiary/aromatic N) is 4. The van der Waals surface area contributed by atoms with Gasteiger partial charge in [-0.2, -0.15) is 4.40 Å². The number of pyridine rings is 2. The lowest BCUT2D eigenvalue weighted by atomic mass is 9.73. The maximum atomic E-state index is 10.7. The van der Waals surface area contributed by atoms with E-state index >= 15 is 0 Å². The molecule has 3 N–H and O–H groups in total. The number of rotatable bonds is 4. The molecule has 6 nitrogen and oxygen atoms in total. The average Bonchev–Trinajstić information content (AvgIpc) is 3.32. The van der Waals surface area contributed by atoms with Gasteiger partial charge in [0, 0.05) is 17.3 Å². The molecule has 37 heavy (non-hydrogen) atoms. The lowest BCUT2D eigenvalue weighted by molar-refractivity contribution is -0.498. The van der Waals surface area contributed by atoms with Gasteiger partial charge < -0.3 is 10.8 Å². The summed E-state index contributed by atoms with van der Waals surface area (Å²) in [7, 11) is 0. The van der Waals surface area contributed by atoms with Gasteiger partial charge in [0.15, 0.2) is 0 Å². The van der Waals surface area contributed by atoms with E-state index in [4.69, 9.17) is 15.8 Å². The normalized spacial score (nSPS) is 14.6. The highest BCUT2D eigenvalue weighted by Crippen LogP contribution is 2.39. The number of hydrogen-bond donors (Lipinski definition) is 2. The minimum atomic E-state index is -0.221. The van der Waals surface area contributed by atoms with Crippen LogP contribution in [0.1, 0.15) is 24.8 Å². The molecule has 3 aromatic carbocycles. The average molecular weight is 485 g/mol. The van der Waals surface area contributed by atoms with E-state index in [9.17, 15) is 5.11 Å². The SMILES string of the molecule is NC1(c2ccc(-n3nc(-c4ccccc4O)[n+]4ccc5ncc(-c6ccccc6)cc5c34)cc2)CCC1. The molecule has 0 saturated heterocycles. The first-order chi connectivity index (χ1) is 18.1. The van der Waals surface area contributed by atoms with Crippen LogP contribution in [-0.2, 0) is 5.54 Å². The number of fused-ring (bicyclic) bond motifs is 3. The van der Waals surface area contributed by atoms with E-state index in [0.717, 1.165) is 51.8 Å². The number of nitrogens with two attached hydrogens (primary N) is 1. The van der Waals surface area contributed by atoms with E-state index in [-0.39, 0.29) is 11.3 Å². The monoisotopic (exact) mass is 484 g/mol. The van der Waals surface area contributed by atoms with Crippen LogP contribution >= 0.6 is 0 Å². The van der Waals surface area contributed by atoms with Gasteiger partial charge in [-0.15, -0.1) is 0 Å². The molecule has 6 heteroatoms. The second-order valence-corrected chi connectivity index (χ2v) is 9.84. The fourth-order valence-corrected chi connectivity index (χ4v) is 5.31. The first-order valence-corrected chi connectivity index (χ1v) is 12.6. The van der Waals surface area contributed by atoms with Gasteiger partial charge in [-0.25, -0.2) is 0 Å². The second-order valence-electron chi connectivity index (χ2n) is 9.84. The molecule has 1 saturated carbocycles. The van der Waals surface area contributed by atoms with Crippen molar-refractivity contribution in [3.05, 3.63) is 109 Å². The maximum absolute atomic E-state index is 10.7. The van der Waals surface area contributed by atoms with Crippen LogP contribution in [0.15, 0.2) is 103 Å². The van der Waals surface area contributed by atoms with Crippen LogP contribution in [0, 0.1) is 0 Å². The summed E-state index contributed by atoms with van der Waals surface area (Å²) in [5.74, 6) is 0.835. The standard InChI is InChI=1S/C31H25N5O/c32-31(16-6-17-31)23-11-13-24(14-12-23)36-30-26-19-22(21-7-2-1-3-8-21)20-33-27(26)15-18-35(30)29(34-36)25-9-4-5-10-28(25)37/h1-5,7-15,18-20H,6,16-17,32H2/p+1. The lowest BCUT2D eigenvalue weighted by Crippen LogP contribution is -2.43. The third kappa shape index (κ3) is 3.49. The molecule has 7 rings (SSSR count). The number of para-hydroxylation sites is 1. The van der Waals surface area contributed by atoms with Crippen molar-refractivity contribution in [2.75, 3.05) is 0 Å². The Bertz CT molecular complexity index is 1770. The van der Waals surface area contributed by atoms with Gasteiger partial charge in [-0.05, 0) is 66.8 Å². The zero-order chi connectivity index (χ0) is 25.0. The first-order valence-electron chi connectivity index (χ1n) is 12.6. The van der Waals surface area contributed by atoms with E-state index in [0.29, 0.717) is 11.4 Å². The summed E-state index contributed by atoms with van der Waals surface area (Å²) in [6.45, 7) is 0. The predicted octanol–water partition coefficient (Wildman–Crippen LogP) is 5.54. The number of benzene rings is 3. The molecule has 180 valence electrons. The van der Waals surface area contributed by atoms with E-state index in [1.807, 2.05) is 63.9 Å². The van der Waals surface area contributed by atoms with Crippen molar-refractivity contribution < 1.29 is 9.51 Å².